The topological polar surface area (TPSA) is 81.0 Å². The van der Waals surface area contributed by atoms with Gasteiger partial charge in [-0.3, -0.25) is 14.5 Å². The van der Waals surface area contributed by atoms with Crippen molar-refractivity contribution in [3.63, 3.8) is 0 Å². The van der Waals surface area contributed by atoms with E-state index < -0.39 is 15.9 Å². The van der Waals surface area contributed by atoms with E-state index in [0.29, 0.717) is 28.1 Å². The van der Waals surface area contributed by atoms with E-state index in [9.17, 15) is 9.59 Å². The first kappa shape index (κ1) is 24.9. The van der Waals surface area contributed by atoms with Crippen molar-refractivity contribution in [3.8, 4) is 5.75 Å². The van der Waals surface area contributed by atoms with Crippen molar-refractivity contribution >= 4 is 81.0 Å². The summed E-state index contributed by atoms with van der Waals surface area (Å²) in [5, 5.41) is 2.47. The third kappa shape index (κ3) is 6.40. The van der Waals surface area contributed by atoms with Gasteiger partial charge in [0.25, 0.3) is 11.8 Å². The second kappa shape index (κ2) is 10.9. The molecule has 0 aliphatic carbocycles. The zero-order valence-electron chi connectivity index (χ0n) is 16.5. The number of benzene rings is 1. The lowest BCUT2D eigenvalue weighted by Gasteiger charge is -2.26. The van der Waals surface area contributed by atoms with Crippen LogP contribution < -0.4 is 10.1 Å². The highest BCUT2D eigenvalue weighted by Gasteiger charge is 2.37. The number of nitrogens with zero attached hydrogens (tertiary/aromatic N) is 1. The van der Waals surface area contributed by atoms with Gasteiger partial charge in [-0.15, -0.1) is 0 Å². The SMILES string of the molecule is COCCN1C(=O)C(=Cc2ccc(OC(NC(=O)c3ccco3)C(Cl)(Cl)Cl)cc2)SC1=S. The fraction of sp³-hybridized carbons (Fsp3) is 0.250. The fourth-order valence-electron chi connectivity index (χ4n) is 2.58. The molecule has 1 aliphatic rings. The quantitative estimate of drug-likeness (QED) is 0.228. The Bertz CT molecular complexity index is 1010. The normalized spacial score (nSPS) is 16.5. The van der Waals surface area contributed by atoms with Gasteiger partial charge in [0.15, 0.2) is 5.76 Å². The largest absolute Gasteiger partial charge is 0.466 e. The summed E-state index contributed by atoms with van der Waals surface area (Å²) in [6.45, 7) is 0.792. The zero-order chi connectivity index (χ0) is 23.3. The van der Waals surface area contributed by atoms with Crippen molar-refractivity contribution in [2.75, 3.05) is 20.3 Å². The predicted octanol–water partition coefficient (Wildman–Crippen LogP) is 4.63. The number of carbonyl (C=O) groups is 2. The number of carbonyl (C=O) groups excluding carboxylic acids is 2. The smallest absolute Gasteiger partial charge is 0.289 e. The number of thiocarbonyl (C=S) groups is 1. The van der Waals surface area contributed by atoms with Crippen LogP contribution >= 0.6 is 58.8 Å². The van der Waals surface area contributed by atoms with E-state index in [1.807, 2.05) is 0 Å². The average Bonchev–Trinajstić information content (AvgIpc) is 3.36. The van der Waals surface area contributed by atoms with Gasteiger partial charge >= 0.3 is 0 Å². The van der Waals surface area contributed by atoms with Gasteiger partial charge in [0.05, 0.1) is 24.3 Å². The lowest BCUT2D eigenvalue weighted by Crippen LogP contribution is -2.47. The maximum Gasteiger partial charge on any atom is 0.289 e. The molecule has 12 heteroatoms. The summed E-state index contributed by atoms with van der Waals surface area (Å²) < 4.78 is 14.2. The summed E-state index contributed by atoms with van der Waals surface area (Å²) in [6, 6.07) is 9.73. The Balaban J connectivity index is 1.69. The van der Waals surface area contributed by atoms with Gasteiger partial charge in [0.2, 0.25) is 10.0 Å². The molecule has 1 N–H and O–H groups in total. The summed E-state index contributed by atoms with van der Waals surface area (Å²) in [4.78, 5) is 26.8. The molecule has 1 aromatic heterocycles. The average molecular weight is 536 g/mol. The third-order valence-corrected chi connectivity index (χ3v) is 6.10. The standard InChI is InChI=1S/C20H17Cl3N2O5S2/c1-28-10-8-25-17(27)15(32-19(25)31)11-12-4-6-13(7-5-12)30-18(20(21,22)23)24-16(26)14-3-2-9-29-14/h2-7,9,11,18H,8,10H2,1H3,(H,24,26). The first-order chi connectivity index (χ1) is 15.2. The number of thioether (sulfide) groups is 1. The fourth-order valence-corrected chi connectivity index (χ4v) is 4.19. The van der Waals surface area contributed by atoms with Crippen LogP contribution in [0.3, 0.4) is 0 Å². The highest BCUT2D eigenvalue weighted by Crippen LogP contribution is 2.34. The van der Waals surface area contributed by atoms with E-state index in [-0.39, 0.29) is 11.7 Å². The van der Waals surface area contributed by atoms with Crippen molar-refractivity contribution in [3.05, 3.63) is 58.9 Å². The highest BCUT2D eigenvalue weighted by molar-refractivity contribution is 8.26. The van der Waals surface area contributed by atoms with Crippen LogP contribution in [0.25, 0.3) is 6.08 Å². The Morgan fingerprint density at radius 3 is 2.62 bits per heavy atom. The van der Waals surface area contributed by atoms with Crippen LogP contribution in [0.4, 0.5) is 0 Å². The molecule has 170 valence electrons. The maximum atomic E-state index is 12.5. The molecule has 1 aliphatic heterocycles. The van der Waals surface area contributed by atoms with Crippen LogP contribution in [0.15, 0.2) is 52.0 Å². The summed E-state index contributed by atoms with van der Waals surface area (Å²) in [5.74, 6) is -0.385. The molecule has 32 heavy (non-hydrogen) atoms. The third-order valence-electron chi connectivity index (χ3n) is 4.13. The van der Waals surface area contributed by atoms with Crippen LogP contribution in [-0.2, 0) is 9.53 Å². The van der Waals surface area contributed by atoms with Gasteiger partial charge in [-0.1, -0.05) is 70.9 Å². The zero-order valence-corrected chi connectivity index (χ0v) is 20.4. The molecule has 2 amide bonds. The van der Waals surface area contributed by atoms with E-state index >= 15 is 0 Å². The predicted molar refractivity (Wildman–Crippen MR) is 129 cm³/mol. The molecule has 1 aromatic carbocycles. The Kier molecular flexibility index (Phi) is 8.49. The minimum Gasteiger partial charge on any atom is -0.466 e. The van der Waals surface area contributed by atoms with Gasteiger partial charge in [0, 0.05) is 7.11 Å². The summed E-state index contributed by atoms with van der Waals surface area (Å²) in [7, 11) is 1.56. The van der Waals surface area contributed by atoms with E-state index in [1.54, 1.807) is 43.5 Å². The van der Waals surface area contributed by atoms with Crippen LogP contribution in [0, 0.1) is 0 Å². The second-order valence-corrected chi connectivity index (χ2v) is 10.4. The van der Waals surface area contributed by atoms with Crippen molar-refractivity contribution in [1.82, 2.24) is 10.2 Å². The molecule has 1 atom stereocenters. The van der Waals surface area contributed by atoms with Gasteiger partial charge < -0.3 is 19.2 Å². The number of amides is 2. The lowest BCUT2D eigenvalue weighted by atomic mass is 10.2. The van der Waals surface area contributed by atoms with Crippen molar-refractivity contribution in [2.24, 2.45) is 0 Å². The van der Waals surface area contributed by atoms with Gasteiger partial charge in [-0.05, 0) is 35.9 Å². The molecule has 1 saturated heterocycles. The summed E-state index contributed by atoms with van der Waals surface area (Å²) >= 11 is 24.4. The van der Waals surface area contributed by atoms with Crippen molar-refractivity contribution in [2.45, 2.75) is 10.0 Å². The van der Waals surface area contributed by atoms with Gasteiger partial charge in [-0.2, -0.15) is 0 Å². The summed E-state index contributed by atoms with van der Waals surface area (Å²) in [6.07, 6.45) is 1.79. The molecule has 0 spiro atoms. The minimum atomic E-state index is -1.95. The number of ether oxygens (including phenoxy) is 2. The first-order valence-corrected chi connectivity index (χ1v) is 11.5. The van der Waals surface area contributed by atoms with Gasteiger partial charge in [0.1, 0.15) is 10.1 Å². The Morgan fingerprint density at radius 2 is 2.03 bits per heavy atom. The molecule has 3 rings (SSSR count). The molecular weight excluding hydrogens is 519 g/mol. The molecule has 1 fully saturated rings. The molecule has 1 unspecified atom stereocenters. The second-order valence-electron chi connectivity index (χ2n) is 6.39. The number of rotatable bonds is 8. The number of nitrogens with one attached hydrogen (secondary N) is 1. The number of halogens is 3. The number of methoxy groups -OCH3 is 1. The molecule has 0 bridgehead atoms. The molecule has 0 saturated carbocycles. The number of hydrogen-bond acceptors (Lipinski definition) is 7. The Labute approximate surface area is 208 Å². The highest BCUT2D eigenvalue weighted by atomic mass is 35.6. The molecular formula is C20H17Cl3N2O5S2. The molecule has 2 aromatic rings. The molecule has 2 heterocycles. The van der Waals surface area contributed by atoms with E-state index in [1.165, 1.54) is 29.0 Å². The van der Waals surface area contributed by atoms with Crippen LogP contribution in [-0.4, -0.2) is 51.3 Å². The minimum absolute atomic E-state index is 0.0472. The van der Waals surface area contributed by atoms with Crippen LogP contribution in [0.5, 0.6) is 5.75 Å². The molecule has 7 nitrogen and oxygen atoms in total. The van der Waals surface area contributed by atoms with Crippen LogP contribution in [0.1, 0.15) is 16.1 Å². The number of hydrogen-bond donors (Lipinski definition) is 1. The van der Waals surface area contributed by atoms with E-state index in [0.717, 1.165) is 5.56 Å². The lowest BCUT2D eigenvalue weighted by molar-refractivity contribution is -0.122. The van der Waals surface area contributed by atoms with Crippen molar-refractivity contribution < 1.29 is 23.5 Å². The number of alkyl halides is 3. The van der Waals surface area contributed by atoms with Gasteiger partial charge in [-0.25, -0.2) is 0 Å². The summed E-state index contributed by atoms with van der Waals surface area (Å²) in [5.41, 5.74) is 0.745. The van der Waals surface area contributed by atoms with E-state index in [4.69, 9.17) is 60.9 Å². The molecule has 0 radical (unpaired) electrons. The maximum absolute atomic E-state index is 12.5. The first-order valence-electron chi connectivity index (χ1n) is 9.11. The Morgan fingerprint density at radius 1 is 1.31 bits per heavy atom. The monoisotopic (exact) mass is 534 g/mol. The Hall–Kier alpha value is -1.75. The van der Waals surface area contributed by atoms with E-state index in [2.05, 4.69) is 5.32 Å². The van der Waals surface area contributed by atoms with Crippen molar-refractivity contribution in [1.29, 1.82) is 0 Å². The van der Waals surface area contributed by atoms with Crippen LogP contribution in [0.2, 0.25) is 0 Å². The number of furan rings is 1.